The number of Topliss-reactive ketones (excluding diaryl/α,β-unsaturated/α-hetero) is 1. The van der Waals surface area contributed by atoms with Gasteiger partial charge in [-0.1, -0.05) is 6.07 Å². The zero-order valence-corrected chi connectivity index (χ0v) is 13.1. The highest BCUT2D eigenvalue weighted by atomic mass is 16.5. The zero-order valence-electron chi connectivity index (χ0n) is 13.1. The molecule has 0 aliphatic rings. The lowest BCUT2D eigenvalue weighted by Gasteiger charge is -2.19. The predicted molar refractivity (Wildman–Crippen MR) is 84.7 cm³/mol. The van der Waals surface area contributed by atoms with Crippen molar-refractivity contribution < 1.29 is 14.3 Å². The summed E-state index contributed by atoms with van der Waals surface area (Å²) in [6, 6.07) is 8.60. The first kappa shape index (κ1) is 15.7. The Bertz CT molecular complexity index is 726. The Kier molecular flexibility index (Phi) is 4.56. The summed E-state index contributed by atoms with van der Waals surface area (Å²) in [5.74, 6) is 0.0832. The van der Waals surface area contributed by atoms with Crippen LogP contribution in [0.3, 0.4) is 0 Å². The van der Waals surface area contributed by atoms with Crippen molar-refractivity contribution in [2.45, 2.75) is 13.8 Å². The summed E-state index contributed by atoms with van der Waals surface area (Å²) in [5.41, 5.74) is 2.42. The molecule has 1 aromatic heterocycles. The number of carbonyl (C=O) groups is 2. The fraction of sp³-hybridized carbons (Fsp3) is 0.235. The summed E-state index contributed by atoms with van der Waals surface area (Å²) in [6.45, 7) is 3.34. The minimum atomic E-state index is -0.228. The molecule has 0 radical (unpaired) electrons. The Morgan fingerprint density at radius 2 is 1.95 bits per heavy atom. The van der Waals surface area contributed by atoms with E-state index in [4.69, 9.17) is 4.74 Å². The molecule has 0 aliphatic heterocycles. The van der Waals surface area contributed by atoms with Gasteiger partial charge in [0.2, 0.25) is 5.88 Å². The van der Waals surface area contributed by atoms with Gasteiger partial charge in [0.1, 0.15) is 5.69 Å². The van der Waals surface area contributed by atoms with Gasteiger partial charge >= 0.3 is 0 Å². The van der Waals surface area contributed by atoms with Gasteiger partial charge in [-0.2, -0.15) is 0 Å². The van der Waals surface area contributed by atoms with Gasteiger partial charge < -0.3 is 9.64 Å². The van der Waals surface area contributed by atoms with Crippen LogP contribution >= 0.6 is 0 Å². The highest BCUT2D eigenvalue weighted by Crippen LogP contribution is 2.25. The molecular weight excluding hydrogens is 280 g/mol. The summed E-state index contributed by atoms with van der Waals surface area (Å²) >= 11 is 0. The van der Waals surface area contributed by atoms with E-state index in [2.05, 4.69) is 4.98 Å². The largest absolute Gasteiger partial charge is 0.480 e. The van der Waals surface area contributed by atoms with Gasteiger partial charge in [0.25, 0.3) is 5.91 Å². The Morgan fingerprint density at radius 3 is 2.59 bits per heavy atom. The van der Waals surface area contributed by atoms with Crippen molar-refractivity contribution in [3.05, 3.63) is 53.2 Å². The van der Waals surface area contributed by atoms with Crippen molar-refractivity contribution in [1.29, 1.82) is 0 Å². The van der Waals surface area contributed by atoms with Crippen LogP contribution in [0.2, 0.25) is 0 Å². The van der Waals surface area contributed by atoms with E-state index in [-0.39, 0.29) is 11.7 Å². The number of hydrogen-bond donors (Lipinski definition) is 0. The van der Waals surface area contributed by atoms with E-state index in [0.29, 0.717) is 22.7 Å². The molecule has 5 nitrogen and oxygen atoms in total. The third-order valence-electron chi connectivity index (χ3n) is 3.47. The number of methoxy groups -OCH3 is 1. The molecule has 0 saturated heterocycles. The fourth-order valence-corrected chi connectivity index (χ4v) is 2.23. The number of anilines is 1. The first-order chi connectivity index (χ1) is 10.5. The number of rotatable bonds is 4. The summed E-state index contributed by atoms with van der Waals surface area (Å²) in [6.07, 6.45) is 1.60. The number of ketones is 1. The Balaban J connectivity index is 2.39. The molecule has 5 heteroatoms. The molecule has 0 saturated carbocycles. The highest BCUT2D eigenvalue weighted by molar-refractivity contribution is 6.08. The highest BCUT2D eigenvalue weighted by Gasteiger charge is 2.19. The van der Waals surface area contributed by atoms with Gasteiger partial charge in [-0.3, -0.25) is 9.59 Å². The van der Waals surface area contributed by atoms with Crippen LogP contribution in [0.1, 0.15) is 33.2 Å². The fourth-order valence-electron chi connectivity index (χ4n) is 2.23. The summed E-state index contributed by atoms with van der Waals surface area (Å²) < 4.78 is 5.17. The monoisotopic (exact) mass is 298 g/mol. The standard InChI is InChI=1S/C17H18N2O3/c1-11-7-8-13(10-14(11)12(2)20)17(21)19(3)15-6-5-9-18-16(15)22-4/h5-10H,1-4H3. The van der Waals surface area contributed by atoms with E-state index in [0.717, 1.165) is 5.56 Å². The van der Waals surface area contributed by atoms with Gasteiger partial charge in [0.05, 0.1) is 7.11 Å². The number of ether oxygens (including phenoxy) is 1. The van der Waals surface area contributed by atoms with E-state index in [1.807, 2.05) is 6.92 Å². The topological polar surface area (TPSA) is 59.5 Å². The lowest BCUT2D eigenvalue weighted by molar-refractivity contribution is 0.0992. The second-order valence-electron chi connectivity index (χ2n) is 4.98. The maximum absolute atomic E-state index is 12.6. The average Bonchev–Trinajstić information content (AvgIpc) is 2.53. The van der Waals surface area contributed by atoms with Gasteiger partial charge in [0.15, 0.2) is 5.78 Å². The van der Waals surface area contributed by atoms with Crippen LogP contribution in [0.15, 0.2) is 36.5 Å². The van der Waals surface area contributed by atoms with E-state index < -0.39 is 0 Å². The van der Waals surface area contributed by atoms with Crippen LogP contribution < -0.4 is 9.64 Å². The van der Waals surface area contributed by atoms with Gasteiger partial charge in [-0.15, -0.1) is 0 Å². The molecule has 114 valence electrons. The van der Waals surface area contributed by atoms with Crippen LogP contribution in [-0.2, 0) is 0 Å². The number of aromatic nitrogens is 1. The molecule has 0 atom stereocenters. The first-order valence-electron chi connectivity index (χ1n) is 6.84. The number of carbonyl (C=O) groups excluding carboxylic acids is 2. The summed E-state index contributed by atoms with van der Waals surface area (Å²) in [5, 5.41) is 0. The number of benzene rings is 1. The molecule has 0 bridgehead atoms. The molecule has 1 heterocycles. The van der Waals surface area contributed by atoms with Crippen molar-refractivity contribution in [2.24, 2.45) is 0 Å². The quantitative estimate of drug-likeness (QED) is 0.814. The third kappa shape index (κ3) is 2.98. The van der Waals surface area contributed by atoms with E-state index in [1.165, 1.54) is 18.9 Å². The van der Waals surface area contributed by atoms with Gasteiger partial charge in [-0.25, -0.2) is 4.98 Å². The number of hydrogen-bond acceptors (Lipinski definition) is 4. The number of amides is 1. The SMILES string of the molecule is COc1ncccc1N(C)C(=O)c1ccc(C)c(C(C)=O)c1. The van der Waals surface area contributed by atoms with Crippen molar-refractivity contribution in [3.63, 3.8) is 0 Å². The summed E-state index contributed by atoms with van der Waals surface area (Å²) in [4.78, 5) is 29.8. The zero-order chi connectivity index (χ0) is 16.3. The smallest absolute Gasteiger partial charge is 0.258 e. The molecule has 2 aromatic rings. The van der Waals surface area contributed by atoms with Crippen LogP contribution in [0.5, 0.6) is 5.88 Å². The third-order valence-corrected chi connectivity index (χ3v) is 3.47. The molecule has 0 unspecified atom stereocenters. The molecule has 1 amide bonds. The lowest BCUT2D eigenvalue weighted by atomic mass is 10.0. The molecule has 2 rings (SSSR count). The van der Waals surface area contributed by atoms with Crippen molar-refractivity contribution in [1.82, 2.24) is 4.98 Å². The maximum atomic E-state index is 12.6. The average molecular weight is 298 g/mol. The number of aryl methyl sites for hydroxylation is 1. The van der Waals surface area contributed by atoms with Gasteiger partial charge in [0, 0.05) is 24.4 Å². The minimum Gasteiger partial charge on any atom is -0.480 e. The summed E-state index contributed by atoms with van der Waals surface area (Å²) in [7, 11) is 3.15. The van der Waals surface area contributed by atoms with Gasteiger partial charge in [-0.05, 0) is 43.7 Å². The maximum Gasteiger partial charge on any atom is 0.258 e. The van der Waals surface area contributed by atoms with Crippen LogP contribution in [0, 0.1) is 6.92 Å². The van der Waals surface area contributed by atoms with E-state index in [9.17, 15) is 9.59 Å². The molecule has 0 aliphatic carbocycles. The Labute approximate surface area is 129 Å². The molecule has 1 aromatic carbocycles. The van der Waals surface area contributed by atoms with Crippen LogP contribution in [-0.4, -0.2) is 30.8 Å². The van der Waals surface area contributed by atoms with Crippen molar-refractivity contribution >= 4 is 17.4 Å². The molecule has 22 heavy (non-hydrogen) atoms. The molecule has 0 spiro atoms. The normalized spacial score (nSPS) is 10.2. The first-order valence-corrected chi connectivity index (χ1v) is 6.84. The molecule has 0 N–H and O–H groups in total. The van der Waals surface area contributed by atoms with Crippen molar-refractivity contribution in [2.75, 3.05) is 19.1 Å². The number of nitrogens with zero attached hydrogens (tertiary/aromatic N) is 2. The van der Waals surface area contributed by atoms with Crippen LogP contribution in [0.25, 0.3) is 0 Å². The second-order valence-corrected chi connectivity index (χ2v) is 4.98. The molecule has 0 fully saturated rings. The number of pyridine rings is 1. The lowest BCUT2D eigenvalue weighted by Crippen LogP contribution is -2.27. The Morgan fingerprint density at radius 1 is 1.23 bits per heavy atom. The van der Waals surface area contributed by atoms with Crippen molar-refractivity contribution in [3.8, 4) is 5.88 Å². The Hall–Kier alpha value is -2.69. The molecular formula is C17H18N2O3. The second kappa shape index (κ2) is 6.39. The predicted octanol–water partition coefficient (Wildman–Crippen LogP) is 2.88. The van der Waals surface area contributed by atoms with Crippen LogP contribution in [0.4, 0.5) is 5.69 Å². The minimum absolute atomic E-state index is 0.0613. The van der Waals surface area contributed by atoms with E-state index in [1.54, 1.807) is 43.6 Å². The van der Waals surface area contributed by atoms with E-state index >= 15 is 0 Å².